The van der Waals surface area contributed by atoms with Crippen molar-refractivity contribution in [1.29, 1.82) is 0 Å². The first-order valence-corrected chi connectivity index (χ1v) is 6.06. The number of nitrogens with zero attached hydrogens (tertiary/aromatic N) is 3. The third kappa shape index (κ3) is 3.03. The minimum Gasteiger partial charge on any atom is -0.358 e. The van der Waals surface area contributed by atoms with Gasteiger partial charge in [0.15, 0.2) is 0 Å². The van der Waals surface area contributed by atoms with Crippen LogP contribution < -0.4 is 5.32 Å². The fraction of sp³-hybridized carbons (Fsp3) is 0.727. The SMILES string of the molecule is Cc1cc([N+](=O)[O-])nn1CCC1CCCNC1. The summed E-state index contributed by atoms with van der Waals surface area (Å²) in [6.45, 7) is 4.80. The fourth-order valence-electron chi connectivity index (χ4n) is 2.28. The van der Waals surface area contributed by atoms with Gasteiger partial charge in [-0.2, -0.15) is 4.68 Å². The van der Waals surface area contributed by atoms with Crippen LogP contribution in [0.15, 0.2) is 6.07 Å². The Morgan fingerprint density at radius 1 is 1.71 bits per heavy atom. The molecule has 1 fully saturated rings. The average molecular weight is 238 g/mol. The van der Waals surface area contributed by atoms with Crippen LogP contribution in [-0.4, -0.2) is 27.8 Å². The smallest absolute Gasteiger partial charge is 0.358 e. The van der Waals surface area contributed by atoms with E-state index in [1.807, 2.05) is 6.92 Å². The van der Waals surface area contributed by atoms with E-state index in [0.717, 1.165) is 31.7 Å². The quantitative estimate of drug-likeness (QED) is 0.637. The van der Waals surface area contributed by atoms with Gasteiger partial charge in [0.1, 0.15) is 0 Å². The maximum absolute atomic E-state index is 10.6. The third-order valence-corrected chi connectivity index (χ3v) is 3.30. The molecule has 1 atom stereocenters. The maximum Gasteiger partial charge on any atom is 0.390 e. The van der Waals surface area contributed by atoms with Crippen LogP contribution in [0.25, 0.3) is 0 Å². The van der Waals surface area contributed by atoms with Crippen LogP contribution in [0.1, 0.15) is 25.0 Å². The number of hydrogen-bond acceptors (Lipinski definition) is 4. The molecule has 0 saturated carbocycles. The molecule has 0 radical (unpaired) electrons. The Kier molecular flexibility index (Phi) is 3.73. The summed E-state index contributed by atoms with van der Waals surface area (Å²) < 4.78 is 1.74. The first-order chi connectivity index (χ1) is 8.16. The molecule has 0 amide bonds. The van der Waals surface area contributed by atoms with Gasteiger partial charge in [0.2, 0.25) is 0 Å². The van der Waals surface area contributed by atoms with E-state index in [1.54, 1.807) is 4.68 Å². The summed E-state index contributed by atoms with van der Waals surface area (Å²) in [6.07, 6.45) is 3.50. The summed E-state index contributed by atoms with van der Waals surface area (Å²) >= 11 is 0. The second kappa shape index (κ2) is 5.27. The average Bonchev–Trinajstić information content (AvgIpc) is 2.70. The van der Waals surface area contributed by atoms with Crippen LogP contribution in [0, 0.1) is 23.0 Å². The van der Waals surface area contributed by atoms with Crippen LogP contribution in [0.5, 0.6) is 0 Å². The van der Waals surface area contributed by atoms with Gasteiger partial charge >= 0.3 is 5.82 Å². The molecule has 1 aromatic heterocycles. The molecule has 1 saturated heterocycles. The van der Waals surface area contributed by atoms with Gasteiger partial charge in [0.05, 0.1) is 23.4 Å². The number of rotatable bonds is 4. The number of aromatic nitrogens is 2. The molecule has 6 heteroatoms. The van der Waals surface area contributed by atoms with Crippen LogP contribution in [0.4, 0.5) is 5.82 Å². The van der Waals surface area contributed by atoms with Crippen molar-refractivity contribution in [2.75, 3.05) is 13.1 Å². The number of piperidine rings is 1. The summed E-state index contributed by atoms with van der Waals surface area (Å²) in [5, 5.41) is 18.0. The molecule has 6 nitrogen and oxygen atoms in total. The van der Waals surface area contributed by atoms with E-state index >= 15 is 0 Å². The minimum absolute atomic E-state index is 0.0516. The van der Waals surface area contributed by atoms with Crippen molar-refractivity contribution in [1.82, 2.24) is 15.1 Å². The molecule has 2 rings (SSSR count). The Bertz CT molecular complexity index is 396. The minimum atomic E-state index is -0.439. The van der Waals surface area contributed by atoms with Crippen LogP contribution in [0.2, 0.25) is 0 Å². The van der Waals surface area contributed by atoms with Gasteiger partial charge in [-0.25, -0.2) is 0 Å². The van der Waals surface area contributed by atoms with Gasteiger partial charge < -0.3 is 15.4 Å². The van der Waals surface area contributed by atoms with Gasteiger partial charge in [0, 0.05) is 0 Å². The summed E-state index contributed by atoms with van der Waals surface area (Å²) in [5.41, 5.74) is 0.862. The van der Waals surface area contributed by atoms with Crippen molar-refractivity contribution in [3.05, 3.63) is 21.9 Å². The highest BCUT2D eigenvalue weighted by Gasteiger charge is 2.17. The van der Waals surface area contributed by atoms with E-state index in [9.17, 15) is 10.1 Å². The molecule has 94 valence electrons. The Morgan fingerprint density at radius 2 is 2.53 bits per heavy atom. The van der Waals surface area contributed by atoms with E-state index in [-0.39, 0.29) is 5.82 Å². The molecule has 0 bridgehead atoms. The summed E-state index contributed by atoms with van der Waals surface area (Å²) in [5.74, 6) is 0.621. The molecule has 1 aliphatic heterocycles. The molecule has 0 spiro atoms. The first-order valence-electron chi connectivity index (χ1n) is 6.06. The standard InChI is InChI=1S/C11H18N4O2/c1-9-7-11(15(16)17)13-14(9)6-4-10-3-2-5-12-8-10/h7,10,12H,2-6,8H2,1H3. The highest BCUT2D eigenvalue weighted by Crippen LogP contribution is 2.17. The van der Waals surface area contributed by atoms with Crippen molar-refractivity contribution >= 4 is 5.82 Å². The summed E-state index contributed by atoms with van der Waals surface area (Å²) in [4.78, 5) is 10.2. The normalized spacial score (nSPS) is 20.4. The molecule has 1 aliphatic rings. The van der Waals surface area contributed by atoms with E-state index in [0.29, 0.717) is 5.92 Å². The molecule has 17 heavy (non-hydrogen) atoms. The van der Waals surface area contributed by atoms with E-state index in [1.165, 1.54) is 18.9 Å². The van der Waals surface area contributed by atoms with Crippen LogP contribution in [0.3, 0.4) is 0 Å². The van der Waals surface area contributed by atoms with E-state index < -0.39 is 4.92 Å². The number of nitro groups is 1. The zero-order valence-electron chi connectivity index (χ0n) is 10.1. The lowest BCUT2D eigenvalue weighted by atomic mass is 9.96. The largest absolute Gasteiger partial charge is 0.390 e. The molecule has 0 aromatic carbocycles. The molecular weight excluding hydrogens is 220 g/mol. The highest BCUT2D eigenvalue weighted by molar-refractivity contribution is 5.20. The lowest BCUT2D eigenvalue weighted by molar-refractivity contribution is -0.389. The molecule has 1 N–H and O–H groups in total. The Balaban J connectivity index is 1.91. The summed E-state index contributed by atoms with van der Waals surface area (Å²) in [6, 6.07) is 1.53. The van der Waals surface area contributed by atoms with Crippen molar-refractivity contribution in [2.45, 2.75) is 32.7 Å². The van der Waals surface area contributed by atoms with Gasteiger partial charge in [-0.1, -0.05) is 0 Å². The van der Waals surface area contributed by atoms with Crippen molar-refractivity contribution in [3.8, 4) is 0 Å². The predicted octanol–water partition coefficient (Wildman–Crippen LogP) is 1.49. The van der Waals surface area contributed by atoms with Gasteiger partial charge in [-0.05, 0) is 50.1 Å². The molecule has 0 aliphatic carbocycles. The number of aryl methyl sites for hydroxylation is 2. The van der Waals surface area contributed by atoms with E-state index in [2.05, 4.69) is 10.4 Å². The fourth-order valence-corrected chi connectivity index (χ4v) is 2.28. The second-order valence-electron chi connectivity index (χ2n) is 4.63. The maximum atomic E-state index is 10.6. The predicted molar refractivity (Wildman–Crippen MR) is 63.8 cm³/mol. The van der Waals surface area contributed by atoms with E-state index in [4.69, 9.17) is 0 Å². The van der Waals surface area contributed by atoms with Gasteiger partial charge in [-0.15, -0.1) is 0 Å². The third-order valence-electron chi connectivity index (χ3n) is 3.30. The molecular formula is C11H18N4O2. The monoisotopic (exact) mass is 238 g/mol. The van der Waals surface area contributed by atoms with Crippen LogP contribution >= 0.6 is 0 Å². The highest BCUT2D eigenvalue weighted by atomic mass is 16.6. The van der Waals surface area contributed by atoms with Crippen molar-refractivity contribution < 1.29 is 4.92 Å². The Labute approximate surface area is 100 Å². The zero-order chi connectivity index (χ0) is 12.3. The topological polar surface area (TPSA) is 73.0 Å². The first kappa shape index (κ1) is 12.0. The van der Waals surface area contributed by atoms with Gasteiger partial charge in [0.25, 0.3) is 0 Å². The number of hydrogen-bond donors (Lipinski definition) is 1. The Morgan fingerprint density at radius 3 is 3.12 bits per heavy atom. The lowest BCUT2D eigenvalue weighted by Crippen LogP contribution is -2.30. The molecule has 1 unspecified atom stereocenters. The summed E-state index contributed by atoms with van der Waals surface area (Å²) in [7, 11) is 0. The molecule has 2 heterocycles. The Hall–Kier alpha value is -1.43. The van der Waals surface area contributed by atoms with Crippen molar-refractivity contribution in [3.63, 3.8) is 0 Å². The van der Waals surface area contributed by atoms with Crippen LogP contribution in [-0.2, 0) is 6.54 Å². The lowest BCUT2D eigenvalue weighted by Gasteiger charge is -2.22. The van der Waals surface area contributed by atoms with Gasteiger partial charge in [-0.3, -0.25) is 0 Å². The second-order valence-corrected chi connectivity index (χ2v) is 4.63. The number of nitrogens with one attached hydrogen (secondary N) is 1. The zero-order valence-corrected chi connectivity index (χ0v) is 10.1. The molecule has 1 aromatic rings. The van der Waals surface area contributed by atoms with Crippen molar-refractivity contribution in [2.24, 2.45) is 5.92 Å².